The van der Waals surface area contributed by atoms with E-state index in [9.17, 15) is 0 Å². The molecule has 15 aromatic rings. The zero-order chi connectivity index (χ0) is 49.4. The van der Waals surface area contributed by atoms with Crippen molar-refractivity contribution < 1.29 is 8.83 Å². The Morgan fingerprint density at radius 2 is 0.680 bits per heavy atom. The third-order valence-corrected chi connectivity index (χ3v) is 14.7. The molecule has 0 fully saturated rings. The lowest BCUT2D eigenvalue weighted by molar-refractivity contribution is 0.666. The van der Waals surface area contributed by atoms with Crippen LogP contribution in [0.5, 0.6) is 0 Å². The first-order valence-corrected chi connectivity index (χ1v) is 25.2. The summed E-state index contributed by atoms with van der Waals surface area (Å²) < 4.78 is 15.9. The van der Waals surface area contributed by atoms with Crippen molar-refractivity contribution in [2.75, 3.05) is 0 Å². The van der Waals surface area contributed by atoms with Gasteiger partial charge in [-0.05, 0) is 99.6 Å². The van der Waals surface area contributed by atoms with E-state index >= 15 is 0 Å². The Labute approximate surface area is 431 Å². The van der Waals surface area contributed by atoms with E-state index in [0.29, 0.717) is 17.5 Å². The highest BCUT2D eigenvalue weighted by Crippen LogP contribution is 2.42. The molecule has 0 spiro atoms. The van der Waals surface area contributed by atoms with E-state index in [1.807, 2.05) is 48.5 Å². The van der Waals surface area contributed by atoms with Crippen LogP contribution in [0.2, 0.25) is 0 Å². The fourth-order valence-corrected chi connectivity index (χ4v) is 11.0. The van der Waals surface area contributed by atoms with Crippen LogP contribution in [0.15, 0.2) is 264 Å². The molecule has 0 radical (unpaired) electrons. The lowest BCUT2D eigenvalue weighted by Gasteiger charge is -2.09. The molecular formula is C69H42N4O2. The summed E-state index contributed by atoms with van der Waals surface area (Å²) >= 11 is 0. The van der Waals surface area contributed by atoms with Gasteiger partial charge in [0.1, 0.15) is 16.7 Å². The number of nitrogens with zero attached hydrogens (tertiary/aromatic N) is 4. The zero-order valence-electron chi connectivity index (χ0n) is 40.4. The molecule has 15 rings (SSSR count). The van der Waals surface area contributed by atoms with Gasteiger partial charge in [-0.15, -0.1) is 0 Å². The highest BCUT2D eigenvalue weighted by molar-refractivity contribution is 6.14. The summed E-state index contributed by atoms with van der Waals surface area (Å²) in [6, 6.07) is 89.3. The average Bonchev–Trinajstić information content (AvgIpc) is 4.22. The van der Waals surface area contributed by atoms with Crippen molar-refractivity contribution in [1.82, 2.24) is 19.5 Å². The van der Waals surface area contributed by atoms with Gasteiger partial charge in [0.2, 0.25) is 0 Å². The first-order chi connectivity index (χ1) is 37.1. The first kappa shape index (κ1) is 42.5. The summed E-state index contributed by atoms with van der Waals surface area (Å²) in [6.07, 6.45) is 0. The van der Waals surface area contributed by atoms with E-state index in [2.05, 4.69) is 211 Å². The molecule has 0 aliphatic rings. The molecule has 4 heterocycles. The van der Waals surface area contributed by atoms with Crippen LogP contribution in [0, 0.1) is 0 Å². The van der Waals surface area contributed by atoms with Crippen molar-refractivity contribution in [3.63, 3.8) is 0 Å². The molecule has 75 heavy (non-hydrogen) atoms. The van der Waals surface area contributed by atoms with Crippen LogP contribution in [0.3, 0.4) is 0 Å². The highest BCUT2D eigenvalue weighted by Gasteiger charge is 2.21. The lowest BCUT2D eigenvalue weighted by Crippen LogP contribution is -2.00. The average molecular weight is 959 g/mol. The Hall–Kier alpha value is -10.2. The summed E-state index contributed by atoms with van der Waals surface area (Å²) in [6.45, 7) is 0. The van der Waals surface area contributed by atoms with Crippen molar-refractivity contribution in [3.8, 4) is 84.4 Å². The molecular weight excluding hydrogens is 917 g/mol. The molecule has 11 aromatic carbocycles. The van der Waals surface area contributed by atoms with Crippen molar-refractivity contribution >= 4 is 65.7 Å². The van der Waals surface area contributed by atoms with Crippen LogP contribution in [-0.4, -0.2) is 19.5 Å². The molecule has 0 amide bonds. The molecule has 0 saturated carbocycles. The molecule has 0 saturated heterocycles. The number of para-hydroxylation sites is 3. The van der Waals surface area contributed by atoms with Crippen LogP contribution in [0.4, 0.5) is 0 Å². The second-order valence-electron chi connectivity index (χ2n) is 19.1. The van der Waals surface area contributed by atoms with E-state index in [0.717, 1.165) is 111 Å². The van der Waals surface area contributed by atoms with Gasteiger partial charge >= 0.3 is 0 Å². The van der Waals surface area contributed by atoms with Gasteiger partial charge in [0.05, 0.1) is 16.7 Å². The minimum atomic E-state index is 0.592. The van der Waals surface area contributed by atoms with Gasteiger partial charge in [-0.1, -0.05) is 194 Å². The normalized spacial score (nSPS) is 11.7. The number of aromatic nitrogens is 4. The molecule has 0 N–H and O–H groups in total. The number of hydrogen-bond donors (Lipinski definition) is 0. The molecule has 0 unspecified atom stereocenters. The van der Waals surface area contributed by atoms with Crippen LogP contribution in [-0.2, 0) is 0 Å². The molecule has 6 nitrogen and oxygen atoms in total. The second-order valence-corrected chi connectivity index (χ2v) is 19.1. The van der Waals surface area contributed by atoms with Crippen molar-refractivity contribution in [3.05, 3.63) is 255 Å². The Morgan fingerprint density at radius 3 is 1.41 bits per heavy atom. The van der Waals surface area contributed by atoms with Gasteiger partial charge in [0.15, 0.2) is 23.1 Å². The van der Waals surface area contributed by atoms with E-state index in [-0.39, 0.29) is 0 Å². The maximum atomic E-state index is 6.82. The SMILES string of the molecule is c1ccc(-c2ccc(-c3nc(-c4ccccc4)nc(-c4ccc5oc6c(-c7cccc(-c8ccc9oc%10c(-n%11c%12ccccc%12c%12cc(-c%13ccccc%13)ccc%12%11)cccc%10c9c8)c7)cccc6c5c4)n3)cc2)cc1. The zero-order valence-corrected chi connectivity index (χ0v) is 40.4. The predicted molar refractivity (Wildman–Crippen MR) is 307 cm³/mol. The monoisotopic (exact) mass is 958 g/mol. The highest BCUT2D eigenvalue weighted by atomic mass is 16.3. The fourth-order valence-electron chi connectivity index (χ4n) is 11.0. The summed E-state index contributed by atoms with van der Waals surface area (Å²) in [7, 11) is 0. The third-order valence-electron chi connectivity index (χ3n) is 14.7. The smallest absolute Gasteiger partial charge is 0.164 e. The lowest BCUT2D eigenvalue weighted by atomic mass is 9.96. The summed E-state index contributed by atoms with van der Waals surface area (Å²) in [5, 5.41) is 6.56. The predicted octanol–water partition coefficient (Wildman–Crippen LogP) is 18.4. The number of benzene rings is 11. The topological polar surface area (TPSA) is 69.9 Å². The molecule has 350 valence electrons. The fraction of sp³-hybridized carbons (Fsp3) is 0. The van der Waals surface area contributed by atoms with E-state index < -0.39 is 0 Å². The van der Waals surface area contributed by atoms with E-state index in [4.69, 9.17) is 23.8 Å². The quantitative estimate of drug-likeness (QED) is 0.152. The molecule has 0 aliphatic carbocycles. The Bertz CT molecular complexity index is 4690. The van der Waals surface area contributed by atoms with Crippen LogP contribution < -0.4 is 0 Å². The molecule has 4 aromatic heterocycles. The molecule has 0 bridgehead atoms. The molecule has 0 atom stereocenters. The molecule has 0 aliphatic heterocycles. The number of furan rings is 2. The Balaban J connectivity index is 0.789. The molecule has 6 heteroatoms. The van der Waals surface area contributed by atoms with E-state index in [1.165, 1.54) is 21.9 Å². The van der Waals surface area contributed by atoms with Gasteiger partial charge in [0.25, 0.3) is 0 Å². The van der Waals surface area contributed by atoms with Crippen LogP contribution >= 0.6 is 0 Å². The van der Waals surface area contributed by atoms with Gasteiger partial charge < -0.3 is 13.4 Å². The van der Waals surface area contributed by atoms with E-state index in [1.54, 1.807) is 0 Å². The largest absolute Gasteiger partial charge is 0.455 e. The second kappa shape index (κ2) is 17.3. The maximum absolute atomic E-state index is 6.82. The third kappa shape index (κ3) is 7.22. The van der Waals surface area contributed by atoms with Crippen molar-refractivity contribution in [2.24, 2.45) is 0 Å². The van der Waals surface area contributed by atoms with Gasteiger partial charge in [-0.2, -0.15) is 0 Å². The van der Waals surface area contributed by atoms with Crippen LogP contribution in [0.25, 0.3) is 150 Å². The minimum absolute atomic E-state index is 0.592. The summed E-state index contributed by atoms with van der Waals surface area (Å²) in [4.78, 5) is 15.2. The number of hydrogen-bond acceptors (Lipinski definition) is 5. The summed E-state index contributed by atoms with van der Waals surface area (Å²) in [5.74, 6) is 1.82. The maximum Gasteiger partial charge on any atom is 0.164 e. The first-order valence-electron chi connectivity index (χ1n) is 25.2. The minimum Gasteiger partial charge on any atom is -0.455 e. The Kier molecular flexibility index (Phi) is 9.78. The number of rotatable bonds is 8. The van der Waals surface area contributed by atoms with Crippen LogP contribution in [0.1, 0.15) is 0 Å². The van der Waals surface area contributed by atoms with Gasteiger partial charge in [0, 0.05) is 54.6 Å². The van der Waals surface area contributed by atoms with Crippen molar-refractivity contribution in [2.45, 2.75) is 0 Å². The summed E-state index contributed by atoms with van der Waals surface area (Å²) in [5.41, 5.74) is 18.3. The van der Waals surface area contributed by atoms with Crippen molar-refractivity contribution in [1.29, 1.82) is 0 Å². The standard InChI is InChI=1S/C69H42N4O2/c1-4-15-43(16-5-1)45-29-31-47(32-30-45)68-70-67(46-19-8-3-9-20-46)71-69(72-68)52-35-38-63-59(42-52)55-25-13-24-53(65(55)74-63)51-22-12-21-48(39-51)50-34-37-64-58(41-50)56-26-14-28-62(66(56)75-64)73-60-27-11-10-23-54(60)57-40-49(33-36-61(57)73)44-17-6-2-7-18-44/h1-42H. The van der Waals surface area contributed by atoms with Gasteiger partial charge in [-0.25, -0.2) is 15.0 Å². The van der Waals surface area contributed by atoms with Gasteiger partial charge in [-0.3, -0.25) is 0 Å². The Morgan fingerprint density at radius 1 is 0.253 bits per heavy atom. The number of fused-ring (bicyclic) bond motifs is 9.